The fourth-order valence-electron chi connectivity index (χ4n) is 4.34. The number of carbonyl (C=O) groups is 1. The fraction of sp³-hybridized carbons (Fsp3) is 0.273. The number of rotatable bonds is 5. The number of halogens is 3. The van der Waals surface area contributed by atoms with Gasteiger partial charge in [0.15, 0.2) is 5.82 Å². The van der Waals surface area contributed by atoms with Crippen molar-refractivity contribution in [2.45, 2.75) is 32.0 Å². The molecule has 4 aromatic rings. The number of alkyl halides is 3. The van der Waals surface area contributed by atoms with Crippen LogP contribution in [0.2, 0.25) is 0 Å². The first-order chi connectivity index (χ1) is 16.3. The summed E-state index contributed by atoms with van der Waals surface area (Å²) in [5.41, 5.74) is 10.2. The van der Waals surface area contributed by atoms with Gasteiger partial charge in [0, 0.05) is 23.6 Å². The number of nitrogens with zero attached hydrogens (tertiary/aromatic N) is 5. The number of aromatic nitrogens is 5. The van der Waals surface area contributed by atoms with E-state index >= 15 is 0 Å². The molecule has 0 spiro atoms. The van der Waals surface area contributed by atoms with Gasteiger partial charge in [-0.05, 0) is 37.0 Å². The number of hydrogen-bond acceptors (Lipinski definition) is 6. The van der Waals surface area contributed by atoms with Crippen molar-refractivity contribution < 1.29 is 22.7 Å². The molecule has 0 saturated carbocycles. The van der Waals surface area contributed by atoms with Gasteiger partial charge in [-0.15, -0.1) is 0 Å². The highest BCUT2D eigenvalue weighted by molar-refractivity contribution is 5.93. The van der Waals surface area contributed by atoms with E-state index in [9.17, 15) is 18.0 Å². The normalized spacial score (nSPS) is 13.3. The van der Waals surface area contributed by atoms with Gasteiger partial charge in [-0.2, -0.15) is 18.3 Å². The maximum absolute atomic E-state index is 12.8. The van der Waals surface area contributed by atoms with Crippen LogP contribution in [0.4, 0.5) is 24.7 Å². The van der Waals surface area contributed by atoms with Crippen LogP contribution >= 0.6 is 0 Å². The zero-order valence-corrected chi connectivity index (χ0v) is 18.1. The topological polar surface area (TPSA) is 113 Å². The second-order valence-electron chi connectivity index (χ2n) is 7.93. The summed E-state index contributed by atoms with van der Waals surface area (Å²) < 4.78 is 46.7. The number of fused-ring (bicyclic) bond motifs is 3. The second-order valence-corrected chi connectivity index (χ2v) is 7.93. The van der Waals surface area contributed by atoms with E-state index in [2.05, 4.69) is 20.4 Å². The van der Waals surface area contributed by atoms with Gasteiger partial charge in [0.2, 0.25) is 5.91 Å². The molecule has 5 rings (SSSR count). The van der Waals surface area contributed by atoms with Gasteiger partial charge in [-0.3, -0.25) is 9.48 Å². The Morgan fingerprint density at radius 1 is 1.26 bits per heavy atom. The Kier molecular flexibility index (Phi) is 5.14. The maximum atomic E-state index is 12.8. The summed E-state index contributed by atoms with van der Waals surface area (Å²) in [6.07, 6.45) is 1.18. The standard InChI is InChI=1S/C22H20F3N7O2/c1-34-17-7-13(32-16-4-2-3-14(16)19-20(32)21(26)28-11-27-19)5-6-15(17)30-18(33)10-31-9-12(8-29-31)22(23,24)25/h5-9,11H,2-4,10H2,1H3,(H,30,33)(H2,26,27,28). The minimum atomic E-state index is -4.52. The molecule has 1 aromatic carbocycles. The summed E-state index contributed by atoms with van der Waals surface area (Å²) in [7, 11) is 1.47. The minimum absolute atomic E-state index is 0.369. The molecule has 0 unspecified atom stereocenters. The SMILES string of the molecule is COc1cc(-n2c3c(c4ncnc(N)c42)CCC3)ccc1NC(=O)Cn1cc(C(F)(F)F)cn1. The number of nitrogens with two attached hydrogens (primary N) is 1. The van der Waals surface area contributed by atoms with Crippen LogP contribution in [-0.2, 0) is 30.4 Å². The van der Waals surface area contributed by atoms with Crippen LogP contribution in [-0.4, -0.2) is 37.3 Å². The monoisotopic (exact) mass is 471 g/mol. The van der Waals surface area contributed by atoms with Crippen LogP contribution < -0.4 is 15.8 Å². The Balaban J connectivity index is 1.44. The third-order valence-electron chi connectivity index (χ3n) is 5.80. The molecule has 9 nitrogen and oxygen atoms in total. The summed E-state index contributed by atoms with van der Waals surface area (Å²) in [5.74, 6) is 0.201. The highest BCUT2D eigenvalue weighted by atomic mass is 19.4. The Morgan fingerprint density at radius 3 is 2.82 bits per heavy atom. The molecule has 3 N–H and O–H groups in total. The maximum Gasteiger partial charge on any atom is 0.419 e. The molecule has 3 heterocycles. The van der Waals surface area contributed by atoms with Gasteiger partial charge in [0.25, 0.3) is 0 Å². The average Bonchev–Trinajstić information content (AvgIpc) is 3.50. The highest BCUT2D eigenvalue weighted by Crippen LogP contribution is 2.38. The Morgan fingerprint density at radius 2 is 2.09 bits per heavy atom. The van der Waals surface area contributed by atoms with E-state index in [4.69, 9.17) is 10.5 Å². The number of aryl methyl sites for hydroxylation is 1. The number of anilines is 2. The van der Waals surface area contributed by atoms with Crippen molar-refractivity contribution in [2.24, 2.45) is 0 Å². The number of carbonyl (C=O) groups excluding carboxylic acids is 1. The van der Waals surface area contributed by atoms with E-state index in [0.717, 1.165) is 58.1 Å². The smallest absolute Gasteiger partial charge is 0.419 e. The van der Waals surface area contributed by atoms with Crippen LogP contribution in [0.1, 0.15) is 23.2 Å². The number of nitrogen functional groups attached to an aromatic ring is 1. The number of benzene rings is 1. The number of methoxy groups -OCH3 is 1. The number of amides is 1. The molecule has 0 radical (unpaired) electrons. The zero-order valence-electron chi connectivity index (χ0n) is 18.1. The Hall–Kier alpha value is -4.09. The van der Waals surface area contributed by atoms with Gasteiger partial charge < -0.3 is 20.4 Å². The van der Waals surface area contributed by atoms with Crippen molar-refractivity contribution in [2.75, 3.05) is 18.2 Å². The first-order valence-electron chi connectivity index (χ1n) is 10.5. The summed E-state index contributed by atoms with van der Waals surface area (Å²) in [6.45, 7) is -0.384. The number of hydrogen-bond donors (Lipinski definition) is 2. The molecule has 0 fully saturated rings. The highest BCUT2D eigenvalue weighted by Gasteiger charge is 2.32. The molecule has 0 saturated heterocycles. The summed E-state index contributed by atoms with van der Waals surface area (Å²) >= 11 is 0. The van der Waals surface area contributed by atoms with E-state index in [1.165, 1.54) is 13.4 Å². The van der Waals surface area contributed by atoms with Gasteiger partial charge in [0.05, 0.1) is 30.1 Å². The Labute approximate surface area is 191 Å². The lowest BCUT2D eigenvalue weighted by Crippen LogP contribution is -2.19. The summed E-state index contributed by atoms with van der Waals surface area (Å²) in [5, 5.41) is 6.27. The minimum Gasteiger partial charge on any atom is -0.494 e. The van der Waals surface area contributed by atoms with Crippen molar-refractivity contribution in [3.63, 3.8) is 0 Å². The molecular formula is C22H20F3N7O2. The molecule has 1 aliphatic carbocycles. The molecule has 1 aliphatic rings. The second kappa shape index (κ2) is 8.04. The van der Waals surface area contributed by atoms with Crippen LogP contribution in [0, 0.1) is 0 Å². The van der Waals surface area contributed by atoms with Gasteiger partial charge in [-0.1, -0.05) is 0 Å². The van der Waals surface area contributed by atoms with Crippen molar-refractivity contribution in [3.05, 3.63) is 53.7 Å². The summed E-state index contributed by atoms with van der Waals surface area (Å²) in [6, 6.07) is 5.23. The van der Waals surface area contributed by atoms with Crippen molar-refractivity contribution in [3.8, 4) is 11.4 Å². The molecule has 0 atom stereocenters. The Bertz CT molecular complexity index is 1410. The first-order valence-corrected chi connectivity index (χ1v) is 10.5. The zero-order chi connectivity index (χ0) is 24.0. The third kappa shape index (κ3) is 3.70. The predicted octanol–water partition coefficient (Wildman–Crippen LogP) is 3.35. The van der Waals surface area contributed by atoms with E-state index in [0.29, 0.717) is 23.5 Å². The summed E-state index contributed by atoms with van der Waals surface area (Å²) in [4.78, 5) is 21.0. The average molecular weight is 471 g/mol. The van der Waals surface area contributed by atoms with E-state index in [1.54, 1.807) is 18.2 Å². The van der Waals surface area contributed by atoms with E-state index in [-0.39, 0.29) is 6.54 Å². The molecule has 1 amide bonds. The molecular weight excluding hydrogens is 451 g/mol. The predicted molar refractivity (Wildman–Crippen MR) is 118 cm³/mol. The van der Waals surface area contributed by atoms with Crippen LogP contribution in [0.25, 0.3) is 16.7 Å². The number of nitrogens with one attached hydrogen (secondary N) is 1. The van der Waals surface area contributed by atoms with Gasteiger partial charge in [-0.25, -0.2) is 9.97 Å². The van der Waals surface area contributed by atoms with Crippen LogP contribution in [0.15, 0.2) is 36.9 Å². The molecule has 12 heteroatoms. The lowest BCUT2D eigenvalue weighted by Gasteiger charge is -2.15. The van der Waals surface area contributed by atoms with Crippen LogP contribution in [0.5, 0.6) is 5.75 Å². The molecule has 3 aromatic heterocycles. The van der Waals surface area contributed by atoms with Crippen molar-refractivity contribution in [1.29, 1.82) is 0 Å². The van der Waals surface area contributed by atoms with Crippen molar-refractivity contribution >= 4 is 28.4 Å². The fourth-order valence-corrected chi connectivity index (χ4v) is 4.34. The molecule has 0 aliphatic heterocycles. The first kappa shape index (κ1) is 21.7. The third-order valence-corrected chi connectivity index (χ3v) is 5.80. The molecule has 0 bridgehead atoms. The van der Waals surface area contributed by atoms with Crippen molar-refractivity contribution in [1.82, 2.24) is 24.3 Å². The molecule has 176 valence electrons. The van der Waals surface area contributed by atoms with Gasteiger partial charge >= 0.3 is 6.18 Å². The largest absolute Gasteiger partial charge is 0.494 e. The molecule has 34 heavy (non-hydrogen) atoms. The van der Waals surface area contributed by atoms with Crippen LogP contribution in [0.3, 0.4) is 0 Å². The number of ether oxygens (including phenoxy) is 1. The lowest BCUT2D eigenvalue weighted by atomic mass is 10.2. The van der Waals surface area contributed by atoms with E-state index < -0.39 is 17.6 Å². The lowest BCUT2D eigenvalue weighted by molar-refractivity contribution is -0.137. The van der Waals surface area contributed by atoms with E-state index in [1.807, 2.05) is 4.57 Å². The quantitative estimate of drug-likeness (QED) is 0.462. The van der Waals surface area contributed by atoms with Gasteiger partial charge in [0.1, 0.15) is 24.1 Å².